The number of carbonyl (C=O) groups excluding carboxylic acids is 1. The zero-order chi connectivity index (χ0) is 23.6. The van der Waals surface area contributed by atoms with Crippen molar-refractivity contribution in [2.24, 2.45) is 0 Å². The van der Waals surface area contributed by atoms with Gasteiger partial charge in [-0.25, -0.2) is 8.42 Å². The molecule has 1 saturated heterocycles. The second kappa shape index (κ2) is 9.80. The van der Waals surface area contributed by atoms with Crippen molar-refractivity contribution in [3.8, 4) is 11.5 Å². The molecule has 3 aromatic rings. The molecule has 4 rings (SSSR count). The van der Waals surface area contributed by atoms with E-state index in [1.807, 2.05) is 6.92 Å². The number of rotatable bonds is 6. The molecular formula is C22H22Cl2N4O4S. The highest BCUT2D eigenvalue weighted by Gasteiger charge is 2.32. The molecular weight excluding hydrogens is 487 g/mol. The Hall–Kier alpha value is -2.46. The molecule has 174 valence electrons. The van der Waals surface area contributed by atoms with Gasteiger partial charge in [0, 0.05) is 33.8 Å². The molecule has 11 heteroatoms. The van der Waals surface area contributed by atoms with Crippen molar-refractivity contribution in [2.45, 2.75) is 43.5 Å². The van der Waals surface area contributed by atoms with Gasteiger partial charge in [-0.15, -0.1) is 5.10 Å². The molecule has 8 nitrogen and oxygen atoms in total. The summed E-state index contributed by atoms with van der Waals surface area (Å²) in [5.74, 6) is -0.370. The highest BCUT2D eigenvalue weighted by Crippen LogP contribution is 2.28. The smallest absolute Gasteiger partial charge is 0.322 e. The molecule has 0 bridgehead atoms. The van der Waals surface area contributed by atoms with Crippen LogP contribution >= 0.6 is 23.2 Å². The van der Waals surface area contributed by atoms with Crippen LogP contribution < -0.4 is 5.32 Å². The lowest BCUT2D eigenvalue weighted by Crippen LogP contribution is -2.43. The first kappa shape index (κ1) is 23.7. The topological polar surface area (TPSA) is 105 Å². The number of carbonyl (C=O) groups is 1. The van der Waals surface area contributed by atoms with E-state index in [4.69, 9.17) is 27.6 Å². The van der Waals surface area contributed by atoms with Gasteiger partial charge in [0.25, 0.3) is 5.91 Å². The van der Waals surface area contributed by atoms with Crippen LogP contribution in [0.2, 0.25) is 10.0 Å². The van der Waals surface area contributed by atoms with Crippen molar-refractivity contribution in [1.82, 2.24) is 14.5 Å². The lowest BCUT2D eigenvalue weighted by Gasteiger charge is -2.34. The molecule has 0 aliphatic carbocycles. The molecule has 1 N–H and O–H groups in total. The van der Waals surface area contributed by atoms with Crippen LogP contribution in [0.1, 0.15) is 43.0 Å². The maximum Gasteiger partial charge on any atom is 0.322 e. The number of hydrogen-bond acceptors (Lipinski definition) is 6. The van der Waals surface area contributed by atoms with E-state index in [0.717, 1.165) is 25.7 Å². The molecule has 2 heterocycles. The second-order valence-electron chi connectivity index (χ2n) is 7.72. The van der Waals surface area contributed by atoms with E-state index in [-0.39, 0.29) is 28.4 Å². The number of nitrogens with zero attached hydrogens (tertiary/aromatic N) is 3. The minimum absolute atomic E-state index is 0.00725. The molecule has 1 fully saturated rings. The lowest BCUT2D eigenvalue weighted by molar-refractivity contribution is 0.102. The van der Waals surface area contributed by atoms with E-state index in [9.17, 15) is 13.2 Å². The van der Waals surface area contributed by atoms with Gasteiger partial charge in [-0.05, 0) is 61.7 Å². The van der Waals surface area contributed by atoms with Gasteiger partial charge in [-0.3, -0.25) is 10.1 Å². The normalized spacial score (nSPS) is 17.1. The van der Waals surface area contributed by atoms with Gasteiger partial charge in [0.05, 0.1) is 4.90 Å². The molecule has 1 aromatic heterocycles. The Bertz CT molecular complexity index is 1240. The average molecular weight is 509 g/mol. The molecule has 33 heavy (non-hydrogen) atoms. The third-order valence-electron chi connectivity index (χ3n) is 5.52. The Labute approximate surface area is 201 Å². The molecule has 0 spiro atoms. The van der Waals surface area contributed by atoms with Gasteiger partial charge in [-0.1, -0.05) is 41.6 Å². The van der Waals surface area contributed by atoms with Crippen LogP contribution in [0.25, 0.3) is 11.5 Å². The molecule has 1 aliphatic heterocycles. The number of nitrogens with one attached hydrogen (secondary N) is 1. The van der Waals surface area contributed by atoms with Crippen molar-refractivity contribution in [1.29, 1.82) is 0 Å². The van der Waals surface area contributed by atoms with Crippen LogP contribution in [0.4, 0.5) is 6.01 Å². The van der Waals surface area contributed by atoms with Gasteiger partial charge < -0.3 is 4.42 Å². The third kappa shape index (κ3) is 5.22. The Balaban J connectivity index is 1.47. The summed E-state index contributed by atoms with van der Waals surface area (Å²) in [6, 6.07) is 10.5. The van der Waals surface area contributed by atoms with E-state index in [2.05, 4.69) is 15.5 Å². The summed E-state index contributed by atoms with van der Waals surface area (Å²) in [6.07, 6.45) is 3.52. The number of benzene rings is 2. The molecule has 1 amide bonds. The van der Waals surface area contributed by atoms with Gasteiger partial charge >= 0.3 is 6.01 Å². The van der Waals surface area contributed by atoms with Crippen molar-refractivity contribution in [3.63, 3.8) is 0 Å². The maximum atomic E-state index is 13.1. The quantitative estimate of drug-likeness (QED) is 0.487. The molecule has 0 radical (unpaired) electrons. The van der Waals surface area contributed by atoms with Gasteiger partial charge in [-0.2, -0.15) is 4.31 Å². The van der Waals surface area contributed by atoms with Gasteiger partial charge in [0.2, 0.25) is 15.9 Å². The zero-order valence-electron chi connectivity index (χ0n) is 17.8. The number of sulfonamides is 1. The summed E-state index contributed by atoms with van der Waals surface area (Å²) in [4.78, 5) is 12.8. The SMILES string of the molecule is CCC1CCCCN1S(=O)(=O)c1ccc(C(=O)Nc2nnc(-c3cc(Cl)cc(Cl)c3)o2)cc1. The first-order valence-corrected chi connectivity index (χ1v) is 12.7. The Morgan fingerprint density at radius 3 is 2.48 bits per heavy atom. The summed E-state index contributed by atoms with van der Waals surface area (Å²) in [7, 11) is -3.62. The second-order valence-corrected chi connectivity index (χ2v) is 10.5. The van der Waals surface area contributed by atoms with Crippen molar-refractivity contribution < 1.29 is 17.6 Å². The fraction of sp³-hybridized carbons (Fsp3) is 0.318. The van der Waals surface area contributed by atoms with Crippen LogP contribution in [0.3, 0.4) is 0 Å². The van der Waals surface area contributed by atoms with Gasteiger partial charge in [0.15, 0.2) is 0 Å². The van der Waals surface area contributed by atoms with E-state index in [1.54, 1.807) is 22.5 Å². The molecule has 1 aliphatic rings. The third-order valence-corrected chi connectivity index (χ3v) is 7.92. The van der Waals surface area contributed by atoms with Crippen LogP contribution in [-0.2, 0) is 10.0 Å². The predicted octanol–water partition coefficient (Wildman–Crippen LogP) is 5.25. The number of hydrogen-bond donors (Lipinski definition) is 1. The van der Waals surface area contributed by atoms with Crippen LogP contribution in [0, 0.1) is 0 Å². The summed E-state index contributed by atoms with van der Waals surface area (Å²) >= 11 is 12.0. The fourth-order valence-corrected chi connectivity index (χ4v) is 6.14. The minimum atomic E-state index is -3.62. The number of piperidine rings is 1. The summed E-state index contributed by atoms with van der Waals surface area (Å²) in [6.45, 7) is 2.51. The molecule has 1 atom stereocenters. The largest absolute Gasteiger partial charge is 0.403 e. The number of anilines is 1. The monoisotopic (exact) mass is 508 g/mol. The van der Waals surface area contributed by atoms with Crippen LogP contribution in [-0.4, -0.2) is 41.4 Å². The minimum Gasteiger partial charge on any atom is -0.403 e. The zero-order valence-corrected chi connectivity index (χ0v) is 20.1. The van der Waals surface area contributed by atoms with Crippen LogP contribution in [0.15, 0.2) is 51.8 Å². The molecule has 2 aromatic carbocycles. The van der Waals surface area contributed by atoms with E-state index >= 15 is 0 Å². The summed E-state index contributed by atoms with van der Waals surface area (Å²) < 4.78 is 33.2. The molecule has 1 unspecified atom stereocenters. The Morgan fingerprint density at radius 1 is 1.12 bits per heavy atom. The lowest BCUT2D eigenvalue weighted by atomic mass is 10.0. The number of aromatic nitrogens is 2. The Kier molecular flexibility index (Phi) is 7.04. The fourth-order valence-electron chi connectivity index (χ4n) is 3.85. The summed E-state index contributed by atoms with van der Waals surface area (Å²) in [5, 5.41) is 11.0. The van der Waals surface area contributed by atoms with Crippen molar-refractivity contribution >= 4 is 45.1 Å². The van der Waals surface area contributed by atoms with E-state index in [0.29, 0.717) is 22.2 Å². The Morgan fingerprint density at radius 2 is 1.82 bits per heavy atom. The molecule has 0 saturated carbocycles. The number of amides is 1. The first-order chi connectivity index (χ1) is 15.8. The van der Waals surface area contributed by atoms with Crippen LogP contribution in [0.5, 0.6) is 0 Å². The highest BCUT2D eigenvalue weighted by molar-refractivity contribution is 7.89. The summed E-state index contributed by atoms with van der Waals surface area (Å²) in [5.41, 5.74) is 0.767. The predicted molar refractivity (Wildman–Crippen MR) is 126 cm³/mol. The van der Waals surface area contributed by atoms with E-state index in [1.165, 1.54) is 24.3 Å². The van der Waals surface area contributed by atoms with Gasteiger partial charge in [0.1, 0.15) is 0 Å². The number of halogens is 2. The van der Waals surface area contributed by atoms with Crippen molar-refractivity contribution in [2.75, 3.05) is 11.9 Å². The van der Waals surface area contributed by atoms with E-state index < -0.39 is 15.9 Å². The standard InChI is InChI=1S/C22H22Cl2N4O4S/c1-2-18-5-3-4-10-28(18)33(30,31)19-8-6-14(7-9-19)20(29)25-22-27-26-21(32-22)15-11-16(23)13-17(24)12-15/h6-9,11-13,18H,2-5,10H2,1H3,(H,25,27,29). The van der Waals surface area contributed by atoms with Crippen molar-refractivity contribution in [3.05, 3.63) is 58.1 Å². The maximum absolute atomic E-state index is 13.1. The highest BCUT2D eigenvalue weighted by atomic mass is 35.5. The first-order valence-electron chi connectivity index (χ1n) is 10.5. The average Bonchev–Trinajstić information content (AvgIpc) is 3.27.